The smallest absolute Gasteiger partial charge is 0.412 e. The Morgan fingerprint density at radius 2 is 1.06 bits per heavy atom. The molecule has 0 atom stereocenters. The largest absolute Gasteiger partial charge is 0.416 e. The maximum Gasteiger partial charge on any atom is 0.416 e. The Labute approximate surface area is 272 Å². The third-order valence-corrected chi connectivity index (χ3v) is 6.45. The van der Waals surface area contributed by atoms with Crippen molar-refractivity contribution in [1.82, 2.24) is 20.4 Å². The molecule has 0 unspecified atom stereocenters. The molecule has 2 aromatic heterocycles. The number of alkyl halides is 6. The molecule has 2 heterocycles. The zero-order chi connectivity index (χ0) is 35.2. The van der Waals surface area contributed by atoms with Crippen molar-refractivity contribution in [3.63, 3.8) is 0 Å². The number of hydrogen-bond donors (Lipinski definition) is 3. The van der Waals surface area contributed by atoms with Crippen LogP contribution in [0.3, 0.4) is 0 Å². The lowest BCUT2D eigenvalue weighted by Crippen LogP contribution is -2.10. The Balaban J connectivity index is 0.000000191. The summed E-state index contributed by atoms with van der Waals surface area (Å²) < 4.78 is 86.0. The average molecular weight is 679 g/mol. The number of nitriles is 1. The number of rotatable bonds is 7. The Morgan fingerprint density at radius 1 is 0.633 bits per heavy atom. The molecule has 0 spiro atoms. The van der Waals surface area contributed by atoms with Gasteiger partial charge >= 0.3 is 30.0 Å². The number of hydrogen-bond acceptors (Lipinski definition) is 10. The van der Waals surface area contributed by atoms with E-state index < -0.39 is 29.4 Å². The minimum atomic E-state index is -4.40. The molecule has 49 heavy (non-hydrogen) atoms. The maximum atomic E-state index is 12.6. The van der Waals surface area contributed by atoms with Gasteiger partial charge in [-0.05, 0) is 72.8 Å². The average Bonchev–Trinajstić information content (AvgIpc) is 3.76. The number of aromatic nitrogens is 4. The highest BCUT2D eigenvalue weighted by molar-refractivity contribution is 5.88. The Morgan fingerprint density at radius 3 is 1.45 bits per heavy atom. The minimum absolute atomic E-state index is 0.0591. The predicted molar refractivity (Wildman–Crippen MR) is 162 cm³/mol. The van der Waals surface area contributed by atoms with E-state index in [9.17, 15) is 31.1 Å². The summed E-state index contributed by atoms with van der Waals surface area (Å²) in [5, 5.41) is 29.3. The SMILES string of the molecule is N#Cc1nnc(-c2ccccc2Nc2ccc(C(F)(F)F)cc2)o1.NC(=O)c1nnc(-c2ccccc2Nc2ccc(C(F)(F)F)cc2)o1. The van der Waals surface area contributed by atoms with E-state index in [1.165, 1.54) is 24.3 Å². The van der Waals surface area contributed by atoms with E-state index in [1.807, 2.05) is 0 Å². The molecule has 4 N–H and O–H groups in total. The second-order valence-electron chi connectivity index (χ2n) is 9.79. The standard InChI is InChI=1S/C16H11F3N4O2.C16H9F3N4O/c17-16(18,19)9-5-7-10(8-6-9)21-12-4-2-1-3-11(12)14-22-23-15(25-14)13(20)24;17-16(18,19)10-5-7-11(8-6-10)21-13-4-2-1-3-12(13)15-23-22-14(9-20)24-15/h1-8,21H,(H2,20,24);1-8,21H. The molecule has 17 heteroatoms. The first-order valence-corrected chi connectivity index (χ1v) is 13.8. The van der Waals surface area contributed by atoms with Crippen molar-refractivity contribution >= 4 is 28.7 Å². The second-order valence-corrected chi connectivity index (χ2v) is 9.79. The molecule has 4 aromatic carbocycles. The fourth-order valence-corrected chi connectivity index (χ4v) is 4.16. The Hall–Kier alpha value is -6.70. The Bertz CT molecular complexity index is 2100. The van der Waals surface area contributed by atoms with Crippen molar-refractivity contribution in [2.75, 3.05) is 10.6 Å². The van der Waals surface area contributed by atoms with Gasteiger partial charge in [-0.2, -0.15) is 31.6 Å². The fourth-order valence-electron chi connectivity index (χ4n) is 4.16. The highest BCUT2D eigenvalue weighted by Gasteiger charge is 2.31. The van der Waals surface area contributed by atoms with Gasteiger partial charge in [-0.1, -0.05) is 29.4 Å². The third kappa shape index (κ3) is 8.37. The third-order valence-electron chi connectivity index (χ3n) is 6.45. The molecule has 0 saturated heterocycles. The molecule has 0 aliphatic heterocycles. The summed E-state index contributed by atoms with van der Waals surface area (Å²) in [5.74, 6) is -1.16. The monoisotopic (exact) mass is 678 g/mol. The fraction of sp³-hybridized carbons (Fsp3) is 0.0625. The molecule has 11 nitrogen and oxygen atoms in total. The van der Waals surface area contributed by atoms with E-state index in [4.69, 9.17) is 19.8 Å². The first kappa shape index (κ1) is 33.7. The number of para-hydroxylation sites is 2. The molecule has 1 amide bonds. The van der Waals surface area contributed by atoms with E-state index >= 15 is 0 Å². The van der Waals surface area contributed by atoms with Gasteiger partial charge in [0.05, 0.1) is 33.6 Å². The second kappa shape index (κ2) is 14.0. The quantitative estimate of drug-likeness (QED) is 0.141. The molecule has 0 radical (unpaired) electrons. The summed E-state index contributed by atoms with van der Waals surface area (Å²) in [6.45, 7) is 0. The zero-order valence-corrected chi connectivity index (χ0v) is 24.5. The van der Waals surface area contributed by atoms with Crippen LogP contribution in [-0.2, 0) is 12.4 Å². The van der Waals surface area contributed by atoms with E-state index in [0.717, 1.165) is 24.3 Å². The molecule has 0 bridgehead atoms. The van der Waals surface area contributed by atoms with Crippen LogP contribution < -0.4 is 16.4 Å². The molecule has 248 valence electrons. The summed E-state index contributed by atoms with van der Waals surface area (Å²) in [7, 11) is 0. The van der Waals surface area contributed by atoms with Gasteiger partial charge in [0.15, 0.2) is 6.07 Å². The first-order valence-electron chi connectivity index (χ1n) is 13.8. The topological polar surface area (TPSA) is 169 Å². The van der Waals surface area contributed by atoms with Crippen LogP contribution in [0.1, 0.15) is 27.7 Å². The molecule has 0 saturated carbocycles. The summed E-state index contributed by atoms with van der Waals surface area (Å²) in [4.78, 5) is 11.1. The van der Waals surface area contributed by atoms with Crippen LogP contribution in [0.25, 0.3) is 22.9 Å². The van der Waals surface area contributed by atoms with Gasteiger partial charge in [0.2, 0.25) is 5.89 Å². The number of nitrogens with zero attached hydrogens (tertiary/aromatic N) is 5. The molecule has 0 fully saturated rings. The lowest BCUT2D eigenvalue weighted by atomic mass is 10.1. The number of nitrogens with one attached hydrogen (secondary N) is 2. The van der Waals surface area contributed by atoms with E-state index in [1.54, 1.807) is 54.6 Å². The minimum Gasteiger partial charge on any atom is -0.412 e. The summed E-state index contributed by atoms with van der Waals surface area (Å²) in [5.41, 5.74) is 6.60. The van der Waals surface area contributed by atoms with Crippen molar-refractivity contribution < 1.29 is 40.0 Å². The number of benzene rings is 4. The first-order chi connectivity index (χ1) is 23.3. The van der Waals surface area contributed by atoms with Gasteiger partial charge in [-0.3, -0.25) is 4.79 Å². The number of halogens is 6. The van der Waals surface area contributed by atoms with Gasteiger partial charge in [0.25, 0.3) is 5.89 Å². The van der Waals surface area contributed by atoms with Crippen molar-refractivity contribution in [3.8, 4) is 29.0 Å². The van der Waals surface area contributed by atoms with Crippen LogP contribution in [0.2, 0.25) is 0 Å². The van der Waals surface area contributed by atoms with Crippen LogP contribution in [0.15, 0.2) is 106 Å². The van der Waals surface area contributed by atoms with Crippen LogP contribution >= 0.6 is 0 Å². The summed E-state index contributed by atoms with van der Waals surface area (Å²) >= 11 is 0. The molecule has 0 aliphatic rings. The van der Waals surface area contributed by atoms with Crippen LogP contribution in [0.5, 0.6) is 0 Å². The van der Waals surface area contributed by atoms with Gasteiger partial charge < -0.3 is 25.2 Å². The van der Waals surface area contributed by atoms with Crippen LogP contribution in [0.4, 0.5) is 49.1 Å². The molecule has 0 aliphatic carbocycles. The molecular weight excluding hydrogens is 658 g/mol. The van der Waals surface area contributed by atoms with Crippen molar-refractivity contribution in [1.29, 1.82) is 5.26 Å². The highest BCUT2D eigenvalue weighted by Crippen LogP contribution is 2.34. The number of carbonyl (C=O) groups is 1. The van der Waals surface area contributed by atoms with E-state index in [0.29, 0.717) is 33.9 Å². The molecule has 6 aromatic rings. The summed E-state index contributed by atoms with van der Waals surface area (Å²) in [6.07, 6.45) is -8.78. The lowest BCUT2D eigenvalue weighted by Gasteiger charge is -2.11. The zero-order valence-electron chi connectivity index (χ0n) is 24.5. The predicted octanol–water partition coefficient (Wildman–Crippen LogP) is 7.97. The molecular formula is C32H20F6N8O3. The van der Waals surface area contributed by atoms with Crippen LogP contribution in [0, 0.1) is 11.3 Å². The number of nitrogens with two attached hydrogens (primary N) is 1. The van der Waals surface area contributed by atoms with Crippen molar-refractivity contribution in [2.24, 2.45) is 5.73 Å². The van der Waals surface area contributed by atoms with Gasteiger partial charge in [0.1, 0.15) is 0 Å². The maximum absolute atomic E-state index is 12.6. The Kier molecular flexibility index (Phi) is 9.59. The summed E-state index contributed by atoms with van der Waals surface area (Å²) in [6, 6.07) is 24.6. The number of amides is 1. The van der Waals surface area contributed by atoms with E-state index in [2.05, 4.69) is 31.0 Å². The van der Waals surface area contributed by atoms with E-state index in [-0.39, 0.29) is 23.6 Å². The highest BCUT2D eigenvalue weighted by atomic mass is 19.4. The van der Waals surface area contributed by atoms with Gasteiger partial charge in [-0.15, -0.1) is 15.3 Å². The molecule has 6 rings (SSSR count). The van der Waals surface area contributed by atoms with Crippen molar-refractivity contribution in [2.45, 2.75) is 12.4 Å². The normalized spacial score (nSPS) is 11.2. The number of primary amides is 1. The van der Waals surface area contributed by atoms with Gasteiger partial charge in [0, 0.05) is 11.4 Å². The van der Waals surface area contributed by atoms with Gasteiger partial charge in [-0.25, -0.2) is 0 Å². The lowest BCUT2D eigenvalue weighted by molar-refractivity contribution is -0.138. The number of carbonyl (C=O) groups excluding carboxylic acids is 1. The van der Waals surface area contributed by atoms with Crippen molar-refractivity contribution in [3.05, 3.63) is 120 Å². The number of anilines is 4. The van der Waals surface area contributed by atoms with Crippen LogP contribution in [-0.4, -0.2) is 26.3 Å².